The van der Waals surface area contributed by atoms with Gasteiger partial charge in [0.25, 0.3) is 0 Å². The summed E-state index contributed by atoms with van der Waals surface area (Å²) in [5, 5.41) is 12.7. The van der Waals surface area contributed by atoms with Gasteiger partial charge in [-0.25, -0.2) is 4.79 Å². The van der Waals surface area contributed by atoms with E-state index in [1.807, 2.05) is 19.1 Å². The first-order chi connectivity index (χ1) is 20.0. The van der Waals surface area contributed by atoms with Gasteiger partial charge in [0.1, 0.15) is 6.04 Å². The number of hydrogen-bond donors (Lipinski definition) is 3. The summed E-state index contributed by atoms with van der Waals surface area (Å²) in [6, 6.07) is 11.9. The Balaban J connectivity index is 1.65. The number of benzene rings is 2. The Kier molecular flexibility index (Phi) is 7.71. The second-order valence-electron chi connectivity index (χ2n) is 11.0. The lowest BCUT2D eigenvalue weighted by atomic mass is 9.67. The molecule has 2 aromatic carbocycles. The molecule has 0 bridgehead atoms. The predicted molar refractivity (Wildman–Crippen MR) is 151 cm³/mol. The molecule has 1 saturated heterocycles. The zero-order chi connectivity index (χ0) is 30.2. The van der Waals surface area contributed by atoms with Gasteiger partial charge in [0.2, 0.25) is 17.7 Å². The molecule has 1 aliphatic heterocycles. The molecule has 218 valence electrons. The van der Waals surface area contributed by atoms with Crippen LogP contribution in [0.2, 0.25) is 0 Å². The number of nitriles is 1. The first-order valence-corrected chi connectivity index (χ1v) is 13.9. The lowest BCUT2D eigenvalue weighted by molar-refractivity contribution is -0.130. The number of amides is 3. The van der Waals surface area contributed by atoms with E-state index in [1.54, 1.807) is 36.2 Å². The zero-order valence-electron chi connectivity index (χ0n) is 23.6. The number of carbonyl (C=O) groups is 3. The summed E-state index contributed by atoms with van der Waals surface area (Å²) in [5.74, 6) is -1.73. The Morgan fingerprint density at radius 1 is 1.12 bits per heavy atom. The average molecular weight is 572 g/mol. The second kappa shape index (κ2) is 11.3. The minimum Gasteiger partial charge on any atom is -0.366 e. The van der Waals surface area contributed by atoms with E-state index in [2.05, 4.69) is 16.4 Å². The Hall–Kier alpha value is -4.76. The van der Waals surface area contributed by atoms with Gasteiger partial charge in [-0.15, -0.1) is 0 Å². The quantitative estimate of drug-likeness (QED) is 0.355. The number of nitrogens with two attached hydrogens (primary N) is 2. The van der Waals surface area contributed by atoms with Crippen LogP contribution in [0.15, 0.2) is 45.7 Å². The van der Waals surface area contributed by atoms with Crippen LogP contribution < -0.4 is 22.5 Å². The number of aryl methyl sites for hydroxylation is 3. The molecular weight excluding hydrogens is 538 g/mol. The predicted octanol–water partition coefficient (Wildman–Crippen LogP) is 0.887. The summed E-state index contributed by atoms with van der Waals surface area (Å²) in [4.78, 5) is 55.6. The third kappa shape index (κ3) is 5.07. The summed E-state index contributed by atoms with van der Waals surface area (Å²) in [5.41, 5.74) is 14.1. The molecule has 3 amide bonds. The molecule has 5 rings (SSSR count). The third-order valence-corrected chi connectivity index (χ3v) is 8.39. The molecule has 0 saturated carbocycles. The molecule has 2 atom stereocenters. The fraction of sp³-hybridized carbons (Fsp3) is 0.400. The minimum atomic E-state index is -1.09. The Morgan fingerprint density at radius 2 is 1.71 bits per heavy atom. The molecule has 3 aromatic rings. The van der Waals surface area contributed by atoms with Crippen molar-refractivity contribution in [1.82, 2.24) is 19.9 Å². The average Bonchev–Trinajstić information content (AvgIpc) is 3.55. The van der Waals surface area contributed by atoms with E-state index in [1.165, 1.54) is 4.74 Å². The van der Waals surface area contributed by atoms with Crippen LogP contribution in [0.3, 0.4) is 0 Å². The highest BCUT2D eigenvalue weighted by atomic mass is 16.5. The molecule has 12 heteroatoms. The third-order valence-electron chi connectivity index (χ3n) is 8.39. The smallest absolute Gasteiger partial charge is 0.366 e. The molecule has 0 unspecified atom stereocenters. The number of nitrogens with one attached hydrogen (secondary N) is 1. The van der Waals surface area contributed by atoms with Crippen molar-refractivity contribution < 1.29 is 18.9 Å². The maximum absolute atomic E-state index is 13.0. The van der Waals surface area contributed by atoms with E-state index < -0.39 is 29.0 Å². The fourth-order valence-corrected chi connectivity index (χ4v) is 6.50. The largest absolute Gasteiger partial charge is 0.459 e. The van der Waals surface area contributed by atoms with E-state index in [-0.39, 0.29) is 18.5 Å². The highest BCUT2D eigenvalue weighted by molar-refractivity contribution is 5.94. The maximum Gasteiger partial charge on any atom is 0.459 e. The van der Waals surface area contributed by atoms with Gasteiger partial charge in [-0.2, -0.15) is 15.0 Å². The standard InChI is InChI=1S/C30H33N7O5/c1-17(34-16-25(38)37-11-3-4-22(37)15-31)14-30(28-35-29(41)42-36(28)2)23-9-7-20(26(32)39)12-18(23)5-6-19-13-21(27(33)40)8-10-24(19)30/h7-10,12-13,17,22,34H,3-6,11,14,16H2,1-2H3,(H2,32,39)(H2,33,40)/t17-,22+/m1/s1. The summed E-state index contributed by atoms with van der Waals surface area (Å²) in [6.07, 6.45) is 2.81. The Morgan fingerprint density at radius 3 is 2.21 bits per heavy atom. The van der Waals surface area contributed by atoms with Crippen LogP contribution in [0, 0.1) is 11.3 Å². The number of carbonyl (C=O) groups excluding carboxylic acids is 3. The van der Waals surface area contributed by atoms with Crippen molar-refractivity contribution in [2.45, 2.75) is 56.5 Å². The molecule has 42 heavy (non-hydrogen) atoms. The summed E-state index contributed by atoms with van der Waals surface area (Å²) < 4.78 is 6.69. The van der Waals surface area contributed by atoms with Gasteiger partial charge < -0.3 is 26.2 Å². The van der Waals surface area contributed by atoms with E-state index in [0.29, 0.717) is 49.2 Å². The first-order valence-electron chi connectivity index (χ1n) is 13.9. The molecule has 0 radical (unpaired) electrons. The maximum atomic E-state index is 13.0. The highest BCUT2D eigenvalue weighted by Gasteiger charge is 2.46. The number of primary amides is 2. The molecule has 1 aliphatic carbocycles. The van der Waals surface area contributed by atoms with Gasteiger partial charge in [-0.05, 0) is 85.5 Å². The van der Waals surface area contributed by atoms with E-state index in [9.17, 15) is 24.4 Å². The van der Waals surface area contributed by atoms with Crippen molar-refractivity contribution in [1.29, 1.82) is 5.26 Å². The van der Waals surface area contributed by atoms with Crippen molar-refractivity contribution in [2.24, 2.45) is 18.5 Å². The van der Waals surface area contributed by atoms with Gasteiger partial charge >= 0.3 is 5.76 Å². The lowest BCUT2D eigenvalue weighted by Gasteiger charge is -2.37. The first kappa shape index (κ1) is 28.8. The van der Waals surface area contributed by atoms with Crippen molar-refractivity contribution in [2.75, 3.05) is 13.1 Å². The molecule has 2 heterocycles. The van der Waals surface area contributed by atoms with Crippen LogP contribution in [-0.4, -0.2) is 57.5 Å². The minimum absolute atomic E-state index is 0.0219. The Bertz CT molecular complexity index is 1600. The molecular formula is C30H33N7O5. The van der Waals surface area contributed by atoms with Crippen LogP contribution in [0.5, 0.6) is 0 Å². The molecule has 1 fully saturated rings. The number of aromatic nitrogens is 2. The van der Waals surface area contributed by atoms with Crippen LogP contribution in [0.4, 0.5) is 0 Å². The number of nitrogens with zero attached hydrogens (tertiary/aromatic N) is 4. The molecule has 2 aliphatic rings. The van der Waals surface area contributed by atoms with Gasteiger partial charge in [-0.1, -0.05) is 12.1 Å². The topological polar surface area (TPSA) is 190 Å². The zero-order valence-corrected chi connectivity index (χ0v) is 23.6. The van der Waals surface area contributed by atoms with E-state index >= 15 is 0 Å². The van der Waals surface area contributed by atoms with Gasteiger partial charge in [0, 0.05) is 30.8 Å². The van der Waals surface area contributed by atoms with Gasteiger partial charge in [-0.3, -0.25) is 14.4 Å². The van der Waals surface area contributed by atoms with Crippen LogP contribution >= 0.6 is 0 Å². The lowest BCUT2D eigenvalue weighted by Crippen LogP contribution is -2.46. The molecule has 0 spiro atoms. The number of likely N-dealkylation sites (tertiary alicyclic amines) is 1. The molecule has 1 aromatic heterocycles. The van der Waals surface area contributed by atoms with Crippen molar-refractivity contribution in [3.05, 3.63) is 86.2 Å². The number of rotatable bonds is 8. The van der Waals surface area contributed by atoms with Crippen LogP contribution in [0.25, 0.3) is 0 Å². The second-order valence-corrected chi connectivity index (χ2v) is 11.0. The fourth-order valence-electron chi connectivity index (χ4n) is 6.50. The van der Waals surface area contributed by atoms with Crippen molar-refractivity contribution in [3.8, 4) is 6.07 Å². The SMILES string of the molecule is C[C@H](CC1(c2nc(=O)on2C)c2ccc(C(N)=O)cc2CCc2cc(C(N)=O)ccc21)NCC(=O)N1CCC[C@H]1C#N. The summed E-state index contributed by atoms with van der Waals surface area (Å²) in [6.45, 7) is 2.50. The molecule has 5 N–H and O–H groups in total. The van der Waals surface area contributed by atoms with E-state index in [4.69, 9.17) is 16.0 Å². The summed E-state index contributed by atoms with van der Waals surface area (Å²) >= 11 is 0. The van der Waals surface area contributed by atoms with Crippen molar-refractivity contribution in [3.63, 3.8) is 0 Å². The molecule has 12 nitrogen and oxygen atoms in total. The number of fused-ring (bicyclic) bond motifs is 2. The van der Waals surface area contributed by atoms with Gasteiger partial charge in [0.15, 0.2) is 5.82 Å². The monoisotopic (exact) mass is 571 g/mol. The normalized spacial score (nSPS) is 17.9. The highest BCUT2D eigenvalue weighted by Crippen LogP contribution is 2.47. The number of hydrogen-bond acceptors (Lipinski definition) is 8. The Labute approximate surface area is 242 Å². The van der Waals surface area contributed by atoms with E-state index in [0.717, 1.165) is 28.7 Å². The van der Waals surface area contributed by atoms with Crippen LogP contribution in [0.1, 0.15) is 75.0 Å². The summed E-state index contributed by atoms with van der Waals surface area (Å²) in [7, 11) is 1.60. The van der Waals surface area contributed by atoms with Crippen LogP contribution in [-0.2, 0) is 30.1 Å². The van der Waals surface area contributed by atoms with Gasteiger partial charge in [0.05, 0.1) is 18.0 Å². The van der Waals surface area contributed by atoms with Crippen molar-refractivity contribution >= 4 is 17.7 Å².